The van der Waals surface area contributed by atoms with E-state index in [1.165, 1.54) is 31.2 Å². The third kappa shape index (κ3) is 4.06. The Hall–Kier alpha value is -1.51. The minimum absolute atomic E-state index is 0.618. The molecule has 3 heteroatoms. The van der Waals surface area contributed by atoms with Crippen LogP contribution in [0.25, 0.3) is 0 Å². The van der Waals surface area contributed by atoms with Gasteiger partial charge in [0.25, 0.3) is 0 Å². The SMILES string of the molecule is CN=C(NCCc1ccccc1)NC1CCCC1. The van der Waals surface area contributed by atoms with E-state index in [0.717, 1.165) is 18.9 Å². The quantitative estimate of drug-likeness (QED) is 0.631. The van der Waals surface area contributed by atoms with Crippen LogP contribution in [0.15, 0.2) is 35.3 Å². The Morgan fingerprint density at radius 2 is 1.94 bits per heavy atom. The van der Waals surface area contributed by atoms with Gasteiger partial charge in [-0.2, -0.15) is 0 Å². The van der Waals surface area contributed by atoms with Gasteiger partial charge in [-0.25, -0.2) is 0 Å². The highest BCUT2D eigenvalue weighted by Gasteiger charge is 2.15. The molecule has 3 nitrogen and oxygen atoms in total. The van der Waals surface area contributed by atoms with Crippen LogP contribution in [0.4, 0.5) is 0 Å². The van der Waals surface area contributed by atoms with Crippen molar-refractivity contribution in [2.45, 2.75) is 38.1 Å². The highest BCUT2D eigenvalue weighted by atomic mass is 15.2. The summed E-state index contributed by atoms with van der Waals surface area (Å²) in [5, 5.41) is 6.87. The van der Waals surface area contributed by atoms with Crippen molar-refractivity contribution in [2.75, 3.05) is 13.6 Å². The number of guanidine groups is 1. The summed E-state index contributed by atoms with van der Waals surface area (Å²) in [4.78, 5) is 4.28. The molecule has 1 aromatic carbocycles. The molecule has 1 fully saturated rings. The minimum atomic E-state index is 0.618. The monoisotopic (exact) mass is 245 g/mol. The maximum absolute atomic E-state index is 4.28. The van der Waals surface area contributed by atoms with E-state index in [1.807, 2.05) is 7.05 Å². The molecule has 2 rings (SSSR count). The first-order valence-corrected chi connectivity index (χ1v) is 6.89. The summed E-state index contributed by atoms with van der Waals surface area (Å²) in [6.45, 7) is 0.927. The highest BCUT2D eigenvalue weighted by molar-refractivity contribution is 5.79. The molecular formula is C15H23N3. The summed E-state index contributed by atoms with van der Waals surface area (Å²) in [7, 11) is 1.84. The van der Waals surface area contributed by atoms with E-state index in [2.05, 4.69) is 46.0 Å². The smallest absolute Gasteiger partial charge is 0.191 e. The zero-order chi connectivity index (χ0) is 12.6. The Morgan fingerprint density at radius 1 is 1.22 bits per heavy atom. The van der Waals surface area contributed by atoms with E-state index in [9.17, 15) is 0 Å². The van der Waals surface area contributed by atoms with Gasteiger partial charge in [0, 0.05) is 19.6 Å². The Bertz CT molecular complexity index is 367. The van der Waals surface area contributed by atoms with Gasteiger partial charge in [-0.05, 0) is 24.8 Å². The Kier molecular flexibility index (Phi) is 5.06. The van der Waals surface area contributed by atoms with E-state index in [4.69, 9.17) is 0 Å². The predicted octanol–water partition coefficient (Wildman–Crippen LogP) is 2.34. The molecule has 0 unspecified atom stereocenters. The molecular weight excluding hydrogens is 222 g/mol. The van der Waals surface area contributed by atoms with Crippen molar-refractivity contribution in [1.82, 2.24) is 10.6 Å². The fourth-order valence-corrected chi connectivity index (χ4v) is 2.43. The molecule has 0 spiro atoms. The molecule has 1 saturated carbocycles. The summed E-state index contributed by atoms with van der Waals surface area (Å²) >= 11 is 0. The Labute approximate surface area is 110 Å². The third-order valence-electron chi connectivity index (χ3n) is 3.47. The first-order chi connectivity index (χ1) is 8.88. The van der Waals surface area contributed by atoms with Crippen molar-refractivity contribution < 1.29 is 0 Å². The van der Waals surface area contributed by atoms with Crippen LogP contribution < -0.4 is 10.6 Å². The molecule has 18 heavy (non-hydrogen) atoms. The normalized spacial score (nSPS) is 16.8. The maximum atomic E-state index is 4.28. The van der Waals surface area contributed by atoms with Gasteiger partial charge in [-0.1, -0.05) is 43.2 Å². The topological polar surface area (TPSA) is 36.4 Å². The van der Waals surface area contributed by atoms with E-state index < -0.39 is 0 Å². The van der Waals surface area contributed by atoms with E-state index in [1.54, 1.807) is 0 Å². The van der Waals surface area contributed by atoms with Gasteiger partial charge < -0.3 is 10.6 Å². The number of aliphatic imine (C=N–C) groups is 1. The molecule has 0 amide bonds. The fraction of sp³-hybridized carbons (Fsp3) is 0.533. The van der Waals surface area contributed by atoms with Gasteiger partial charge in [0.2, 0.25) is 0 Å². The van der Waals surface area contributed by atoms with Gasteiger partial charge in [-0.15, -0.1) is 0 Å². The largest absolute Gasteiger partial charge is 0.356 e. The van der Waals surface area contributed by atoms with Gasteiger partial charge in [0.1, 0.15) is 0 Å². The minimum Gasteiger partial charge on any atom is -0.356 e. The van der Waals surface area contributed by atoms with Gasteiger partial charge in [0.05, 0.1) is 0 Å². The summed E-state index contributed by atoms with van der Waals surface area (Å²) < 4.78 is 0. The first-order valence-electron chi connectivity index (χ1n) is 6.89. The summed E-state index contributed by atoms with van der Waals surface area (Å²) in [6.07, 6.45) is 6.28. The van der Waals surface area contributed by atoms with Gasteiger partial charge in [-0.3, -0.25) is 4.99 Å². The molecule has 0 saturated heterocycles. The molecule has 0 aliphatic heterocycles. The number of hydrogen-bond donors (Lipinski definition) is 2. The van der Waals surface area contributed by atoms with Crippen molar-refractivity contribution in [3.05, 3.63) is 35.9 Å². The number of hydrogen-bond acceptors (Lipinski definition) is 1. The molecule has 1 aromatic rings. The molecule has 0 heterocycles. The van der Waals surface area contributed by atoms with Crippen molar-refractivity contribution in [2.24, 2.45) is 4.99 Å². The van der Waals surface area contributed by atoms with E-state index in [0.29, 0.717) is 6.04 Å². The lowest BCUT2D eigenvalue weighted by Crippen LogP contribution is -2.42. The van der Waals surface area contributed by atoms with E-state index >= 15 is 0 Å². The maximum Gasteiger partial charge on any atom is 0.191 e. The third-order valence-corrected chi connectivity index (χ3v) is 3.47. The summed E-state index contributed by atoms with van der Waals surface area (Å²) in [5.41, 5.74) is 1.36. The number of rotatable bonds is 4. The van der Waals surface area contributed by atoms with Crippen LogP contribution in [-0.4, -0.2) is 25.6 Å². The molecule has 0 atom stereocenters. The van der Waals surface area contributed by atoms with Crippen LogP contribution in [0.3, 0.4) is 0 Å². The lowest BCUT2D eigenvalue weighted by Gasteiger charge is -2.16. The predicted molar refractivity (Wildman–Crippen MR) is 76.9 cm³/mol. The number of nitrogens with one attached hydrogen (secondary N) is 2. The Balaban J connectivity index is 1.70. The first kappa shape index (κ1) is 12.9. The van der Waals surface area contributed by atoms with E-state index in [-0.39, 0.29) is 0 Å². The molecule has 0 aromatic heterocycles. The molecule has 1 aliphatic rings. The van der Waals surface area contributed by atoms with Crippen molar-refractivity contribution in [3.63, 3.8) is 0 Å². The average molecular weight is 245 g/mol. The second kappa shape index (κ2) is 7.04. The lowest BCUT2D eigenvalue weighted by atomic mass is 10.1. The zero-order valence-electron chi connectivity index (χ0n) is 11.2. The van der Waals surface area contributed by atoms with Crippen LogP contribution in [0.1, 0.15) is 31.2 Å². The molecule has 2 N–H and O–H groups in total. The van der Waals surface area contributed by atoms with Crippen LogP contribution >= 0.6 is 0 Å². The van der Waals surface area contributed by atoms with Crippen LogP contribution in [0.5, 0.6) is 0 Å². The van der Waals surface area contributed by atoms with Crippen molar-refractivity contribution in [1.29, 1.82) is 0 Å². The molecule has 0 bridgehead atoms. The number of benzene rings is 1. The highest BCUT2D eigenvalue weighted by Crippen LogP contribution is 2.17. The standard InChI is InChI=1S/C15H23N3/c1-16-15(18-14-9-5-6-10-14)17-12-11-13-7-3-2-4-8-13/h2-4,7-8,14H,5-6,9-12H2,1H3,(H2,16,17,18). The van der Waals surface area contributed by atoms with Crippen LogP contribution in [0, 0.1) is 0 Å². The van der Waals surface area contributed by atoms with Crippen molar-refractivity contribution >= 4 is 5.96 Å². The second-order valence-corrected chi connectivity index (χ2v) is 4.86. The van der Waals surface area contributed by atoms with Gasteiger partial charge in [0.15, 0.2) is 5.96 Å². The van der Waals surface area contributed by atoms with Gasteiger partial charge >= 0.3 is 0 Å². The molecule has 1 aliphatic carbocycles. The molecule has 0 radical (unpaired) electrons. The Morgan fingerprint density at radius 3 is 2.61 bits per heavy atom. The van der Waals surface area contributed by atoms with Crippen molar-refractivity contribution in [3.8, 4) is 0 Å². The fourth-order valence-electron chi connectivity index (χ4n) is 2.43. The number of nitrogens with zero attached hydrogens (tertiary/aromatic N) is 1. The summed E-state index contributed by atoms with van der Waals surface area (Å²) in [6, 6.07) is 11.2. The molecule has 98 valence electrons. The van der Waals surface area contributed by atoms with Crippen LogP contribution in [-0.2, 0) is 6.42 Å². The second-order valence-electron chi connectivity index (χ2n) is 4.86. The summed E-state index contributed by atoms with van der Waals surface area (Å²) in [5.74, 6) is 0.942. The average Bonchev–Trinajstić information content (AvgIpc) is 2.92. The zero-order valence-corrected chi connectivity index (χ0v) is 11.2. The lowest BCUT2D eigenvalue weighted by molar-refractivity contribution is 0.613. The van der Waals surface area contributed by atoms with Crippen LogP contribution in [0.2, 0.25) is 0 Å².